The van der Waals surface area contributed by atoms with Crippen LogP contribution in [0.15, 0.2) is 18.2 Å². The van der Waals surface area contributed by atoms with Crippen molar-refractivity contribution in [2.75, 3.05) is 13.7 Å². The van der Waals surface area contributed by atoms with Gasteiger partial charge in [-0.2, -0.15) is 0 Å². The Kier molecular flexibility index (Phi) is 4.95. The summed E-state index contributed by atoms with van der Waals surface area (Å²) in [4.78, 5) is 11.1. The van der Waals surface area contributed by atoms with Gasteiger partial charge in [0.1, 0.15) is 5.75 Å². The summed E-state index contributed by atoms with van der Waals surface area (Å²) in [6, 6.07) is 5.34. The molecule has 0 aromatic heterocycles. The summed E-state index contributed by atoms with van der Waals surface area (Å²) < 4.78 is 5.37. The molecule has 19 heavy (non-hydrogen) atoms. The van der Waals surface area contributed by atoms with E-state index < -0.39 is 0 Å². The number of amides is 1. The first-order valence-electron chi connectivity index (χ1n) is 6.36. The zero-order valence-electron chi connectivity index (χ0n) is 12.3. The molecule has 0 saturated heterocycles. The number of methoxy groups -OCH3 is 1. The Balaban J connectivity index is 3.20. The zero-order valence-corrected chi connectivity index (χ0v) is 12.3. The lowest BCUT2D eigenvalue weighted by molar-refractivity contribution is -0.120. The predicted octanol–water partition coefficient (Wildman–Crippen LogP) is 2.16. The summed E-state index contributed by atoms with van der Waals surface area (Å²) in [6.07, 6.45) is 0. The smallest absolute Gasteiger partial charge is 0.217 e. The van der Waals surface area contributed by atoms with Crippen LogP contribution in [-0.4, -0.2) is 24.7 Å². The summed E-state index contributed by atoms with van der Waals surface area (Å²) >= 11 is 0. The van der Waals surface area contributed by atoms with Crippen LogP contribution in [0.5, 0.6) is 5.75 Å². The van der Waals surface area contributed by atoms with Crippen molar-refractivity contribution in [3.05, 3.63) is 29.3 Å². The highest BCUT2D eigenvalue weighted by Gasteiger charge is 2.21. The van der Waals surface area contributed by atoms with Crippen molar-refractivity contribution >= 4 is 5.91 Å². The first kappa shape index (κ1) is 15.5. The van der Waals surface area contributed by atoms with Gasteiger partial charge in [0.15, 0.2) is 0 Å². The van der Waals surface area contributed by atoms with E-state index in [1.807, 2.05) is 18.2 Å². The molecule has 0 aliphatic carbocycles. The Morgan fingerprint density at radius 3 is 2.47 bits per heavy atom. The molecule has 2 N–H and O–H groups in total. The summed E-state index contributed by atoms with van der Waals surface area (Å²) in [5.74, 6) is 0.656. The van der Waals surface area contributed by atoms with Crippen molar-refractivity contribution in [1.29, 1.82) is 0 Å². The van der Waals surface area contributed by atoms with Gasteiger partial charge in [-0.15, -0.1) is 0 Å². The molecule has 0 fully saturated rings. The molecule has 1 aromatic carbocycles. The van der Waals surface area contributed by atoms with Crippen LogP contribution in [-0.2, 0) is 10.2 Å². The van der Waals surface area contributed by atoms with Gasteiger partial charge in [0.05, 0.1) is 19.8 Å². The molecule has 0 heterocycles. The van der Waals surface area contributed by atoms with E-state index in [2.05, 4.69) is 26.1 Å². The fourth-order valence-electron chi connectivity index (χ4n) is 2.01. The van der Waals surface area contributed by atoms with Gasteiger partial charge in [0, 0.05) is 6.92 Å². The normalized spacial score (nSPS) is 12.9. The quantitative estimate of drug-likeness (QED) is 0.877. The van der Waals surface area contributed by atoms with E-state index in [0.29, 0.717) is 0 Å². The van der Waals surface area contributed by atoms with Crippen molar-refractivity contribution in [3.8, 4) is 5.75 Å². The second kappa shape index (κ2) is 6.06. The van der Waals surface area contributed by atoms with Crippen molar-refractivity contribution in [3.63, 3.8) is 0 Å². The van der Waals surface area contributed by atoms with E-state index in [0.717, 1.165) is 16.9 Å². The van der Waals surface area contributed by atoms with E-state index >= 15 is 0 Å². The molecule has 0 bridgehead atoms. The van der Waals surface area contributed by atoms with Gasteiger partial charge in [-0.25, -0.2) is 0 Å². The number of aliphatic hydroxyl groups is 1. The lowest BCUT2D eigenvalue weighted by Crippen LogP contribution is -2.29. The van der Waals surface area contributed by atoms with Gasteiger partial charge in [0.2, 0.25) is 5.91 Å². The lowest BCUT2D eigenvalue weighted by atomic mass is 9.84. The standard InChI is InChI=1S/C15H23NO3/c1-10(18)16-13(9-17)11-6-7-14(19-5)12(8-11)15(2,3)4/h6-8,13,17H,9H2,1-5H3,(H,16,18). The molecule has 0 saturated carbocycles. The molecule has 1 unspecified atom stereocenters. The average Bonchev–Trinajstić information content (AvgIpc) is 2.34. The van der Waals surface area contributed by atoms with Crippen LogP contribution in [0.4, 0.5) is 0 Å². The summed E-state index contributed by atoms with van der Waals surface area (Å²) in [5.41, 5.74) is 1.86. The summed E-state index contributed by atoms with van der Waals surface area (Å²) in [7, 11) is 1.64. The molecule has 1 atom stereocenters. The third-order valence-corrected chi connectivity index (χ3v) is 2.99. The predicted molar refractivity (Wildman–Crippen MR) is 75.3 cm³/mol. The first-order valence-corrected chi connectivity index (χ1v) is 6.36. The number of hydrogen-bond acceptors (Lipinski definition) is 3. The van der Waals surface area contributed by atoms with E-state index in [1.54, 1.807) is 7.11 Å². The molecule has 1 amide bonds. The van der Waals surface area contributed by atoms with Crippen molar-refractivity contribution < 1.29 is 14.6 Å². The number of benzene rings is 1. The van der Waals surface area contributed by atoms with Gasteiger partial charge >= 0.3 is 0 Å². The van der Waals surface area contributed by atoms with Gasteiger partial charge < -0.3 is 15.2 Å². The van der Waals surface area contributed by atoms with Crippen LogP contribution in [0, 0.1) is 0 Å². The van der Waals surface area contributed by atoms with Gasteiger partial charge in [0.25, 0.3) is 0 Å². The maximum Gasteiger partial charge on any atom is 0.217 e. The van der Waals surface area contributed by atoms with Gasteiger partial charge in [-0.1, -0.05) is 26.8 Å². The van der Waals surface area contributed by atoms with Crippen LogP contribution in [0.2, 0.25) is 0 Å². The first-order chi connectivity index (χ1) is 8.79. The Morgan fingerprint density at radius 1 is 1.42 bits per heavy atom. The van der Waals surface area contributed by atoms with Crippen LogP contribution in [0.25, 0.3) is 0 Å². The number of carbonyl (C=O) groups excluding carboxylic acids is 1. The minimum atomic E-state index is -0.385. The molecule has 4 nitrogen and oxygen atoms in total. The zero-order chi connectivity index (χ0) is 14.6. The van der Waals surface area contributed by atoms with E-state index in [1.165, 1.54) is 6.92 Å². The molecular weight excluding hydrogens is 242 g/mol. The minimum absolute atomic E-state index is 0.0718. The lowest BCUT2D eigenvalue weighted by Gasteiger charge is -2.25. The second-order valence-electron chi connectivity index (χ2n) is 5.65. The second-order valence-corrected chi connectivity index (χ2v) is 5.65. The van der Waals surface area contributed by atoms with Gasteiger partial charge in [-0.05, 0) is 28.7 Å². The number of hydrogen-bond donors (Lipinski definition) is 2. The van der Waals surface area contributed by atoms with Crippen LogP contribution in [0.1, 0.15) is 44.9 Å². The third kappa shape index (κ3) is 3.96. The van der Waals surface area contributed by atoms with E-state index in [-0.39, 0.29) is 24.0 Å². The molecule has 0 aliphatic rings. The summed E-state index contributed by atoms with van der Waals surface area (Å²) in [6.45, 7) is 7.61. The average molecular weight is 265 g/mol. The van der Waals surface area contributed by atoms with E-state index in [9.17, 15) is 9.90 Å². The molecule has 106 valence electrons. The minimum Gasteiger partial charge on any atom is -0.496 e. The van der Waals surface area contributed by atoms with Crippen LogP contribution in [0.3, 0.4) is 0 Å². The highest BCUT2D eigenvalue weighted by Crippen LogP contribution is 2.33. The molecule has 1 aromatic rings. The van der Waals surface area contributed by atoms with Crippen LogP contribution >= 0.6 is 0 Å². The number of carbonyl (C=O) groups is 1. The fourth-order valence-corrected chi connectivity index (χ4v) is 2.01. The topological polar surface area (TPSA) is 58.6 Å². The molecule has 0 radical (unpaired) electrons. The van der Waals surface area contributed by atoms with Crippen molar-refractivity contribution in [1.82, 2.24) is 5.32 Å². The Morgan fingerprint density at radius 2 is 2.05 bits per heavy atom. The Hall–Kier alpha value is -1.55. The van der Waals surface area contributed by atoms with Crippen LogP contribution < -0.4 is 10.1 Å². The molecule has 1 rings (SSSR count). The highest BCUT2D eigenvalue weighted by molar-refractivity contribution is 5.73. The molecule has 0 aliphatic heterocycles. The van der Waals surface area contributed by atoms with Crippen molar-refractivity contribution in [2.24, 2.45) is 0 Å². The summed E-state index contributed by atoms with van der Waals surface area (Å²) in [5, 5.41) is 12.1. The molecular formula is C15H23NO3. The SMILES string of the molecule is COc1ccc(C(CO)NC(C)=O)cc1C(C)(C)C. The highest BCUT2D eigenvalue weighted by atomic mass is 16.5. The number of rotatable bonds is 4. The van der Waals surface area contributed by atoms with E-state index in [4.69, 9.17) is 4.74 Å². The largest absolute Gasteiger partial charge is 0.496 e. The number of nitrogens with one attached hydrogen (secondary N) is 1. The van der Waals surface area contributed by atoms with Gasteiger partial charge in [-0.3, -0.25) is 4.79 Å². The number of aliphatic hydroxyl groups excluding tert-OH is 1. The Bertz CT molecular complexity index is 449. The number of ether oxygens (including phenoxy) is 1. The Labute approximate surface area is 114 Å². The maximum atomic E-state index is 11.1. The monoisotopic (exact) mass is 265 g/mol. The fraction of sp³-hybridized carbons (Fsp3) is 0.533. The van der Waals surface area contributed by atoms with Crippen molar-refractivity contribution in [2.45, 2.75) is 39.2 Å². The third-order valence-electron chi connectivity index (χ3n) is 2.99. The maximum absolute atomic E-state index is 11.1. The molecule has 0 spiro atoms. The molecule has 4 heteroatoms.